The van der Waals surface area contributed by atoms with E-state index in [0.717, 1.165) is 16.6 Å². The minimum absolute atomic E-state index is 0.453. The molecule has 0 bridgehead atoms. The molecule has 2 N–H and O–H groups in total. The summed E-state index contributed by atoms with van der Waals surface area (Å²) in [5, 5.41) is 7.76. The normalized spacial score (nSPS) is 11.1. The molecule has 0 amide bonds. The van der Waals surface area contributed by atoms with Crippen LogP contribution in [0.4, 0.5) is 5.82 Å². The first-order chi connectivity index (χ1) is 6.86. The lowest BCUT2D eigenvalue weighted by Crippen LogP contribution is -1.98. The number of para-hydroxylation sites is 2. The highest BCUT2D eigenvalue weighted by Gasteiger charge is 2.05. The molecule has 5 heteroatoms. The molecule has 5 nitrogen and oxygen atoms in total. The number of nitrogens with two attached hydrogens (primary N) is 1. The first-order valence-electron chi connectivity index (χ1n) is 4.21. The van der Waals surface area contributed by atoms with Gasteiger partial charge in [0.2, 0.25) is 0 Å². The van der Waals surface area contributed by atoms with Crippen molar-refractivity contribution in [3.8, 4) is 0 Å². The van der Waals surface area contributed by atoms with Crippen LogP contribution >= 0.6 is 0 Å². The lowest BCUT2D eigenvalue weighted by atomic mass is 10.3. The van der Waals surface area contributed by atoms with Crippen LogP contribution in [0.1, 0.15) is 0 Å². The highest BCUT2D eigenvalue weighted by molar-refractivity contribution is 5.82. The molecule has 0 atom stereocenters. The van der Waals surface area contributed by atoms with E-state index in [1.165, 1.54) is 0 Å². The molecule has 1 aromatic carbocycles. The second-order valence-electron chi connectivity index (χ2n) is 3.02. The monoisotopic (exact) mass is 185 g/mol. The molecule has 0 spiro atoms. The van der Waals surface area contributed by atoms with Crippen LogP contribution in [0.25, 0.3) is 16.6 Å². The molecular weight excluding hydrogens is 178 g/mol. The molecule has 0 unspecified atom stereocenters. The van der Waals surface area contributed by atoms with Gasteiger partial charge in [0.1, 0.15) is 5.52 Å². The van der Waals surface area contributed by atoms with Crippen LogP contribution in [0.2, 0.25) is 0 Å². The fourth-order valence-corrected chi connectivity index (χ4v) is 1.51. The van der Waals surface area contributed by atoms with Crippen LogP contribution in [0, 0.1) is 0 Å². The van der Waals surface area contributed by atoms with Crippen LogP contribution in [-0.4, -0.2) is 19.8 Å². The average molecular weight is 185 g/mol. The van der Waals surface area contributed by atoms with Gasteiger partial charge < -0.3 is 5.73 Å². The quantitative estimate of drug-likeness (QED) is 0.564. The summed E-state index contributed by atoms with van der Waals surface area (Å²) < 4.78 is 1.69. The summed E-state index contributed by atoms with van der Waals surface area (Å²) in [5.74, 6) is 0.453. The Hall–Kier alpha value is -2.17. The van der Waals surface area contributed by atoms with E-state index in [1.807, 2.05) is 24.3 Å². The number of nitrogen functional groups attached to an aromatic ring is 1. The maximum absolute atomic E-state index is 5.75. The van der Waals surface area contributed by atoms with Gasteiger partial charge in [0, 0.05) is 0 Å². The van der Waals surface area contributed by atoms with Gasteiger partial charge in [-0.3, -0.25) is 0 Å². The maximum Gasteiger partial charge on any atom is 0.151 e. The van der Waals surface area contributed by atoms with Crippen LogP contribution in [0.5, 0.6) is 0 Å². The first kappa shape index (κ1) is 7.25. The van der Waals surface area contributed by atoms with Gasteiger partial charge in [-0.2, -0.15) is 0 Å². The van der Waals surface area contributed by atoms with Crippen molar-refractivity contribution in [2.75, 3.05) is 5.73 Å². The van der Waals surface area contributed by atoms with Crippen LogP contribution in [0.15, 0.2) is 30.5 Å². The van der Waals surface area contributed by atoms with Crippen molar-refractivity contribution < 1.29 is 0 Å². The molecule has 2 heterocycles. The van der Waals surface area contributed by atoms with Crippen LogP contribution < -0.4 is 5.73 Å². The predicted molar refractivity (Wildman–Crippen MR) is 52.7 cm³/mol. The standard InChI is InChI=1S/C9H7N5/c10-9-8-5-11-13-14(8)7-4-2-1-3-6(7)12-9/h1-5H,(H2,10,12). The van der Waals surface area contributed by atoms with Gasteiger partial charge in [0.05, 0.1) is 17.2 Å². The summed E-state index contributed by atoms with van der Waals surface area (Å²) in [6.07, 6.45) is 1.61. The van der Waals surface area contributed by atoms with Gasteiger partial charge in [0.25, 0.3) is 0 Å². The zero-order chi connectivity index (χ0) is 9.54. The van der Waals surface area contributed by atoms with Gasteiger partial charge in [-0.1, -0.05) is 17.3 Å². The summed E-state index contributed by atoms with van der Waals surface area (Å²) >= 11 is 0. The molecule has 2 aromatic heterocycles. The molecule has 0 fully saturated rings. The fourth-order valence-electron chi connectivity index (χ4n) is 1.51. The van der Waals surface area contributed by atoms with Gasteiger partial charge in [-0.15, -0.1) is 5.10 Å². The third-order valence-electron chi connectivity index (χ3n) is 2.16. The molecule has 3 rings (SSSR count). The molecule has 14 heavy (non-hydrogen) atoms. The van der Waals surface area contributed by atoms with E-state index in [1.54, 1.807) is 10.7 Å². The van der Waals surface area contributed by atoms with E-state index in [4.69, 9.17) is 5.73 Å². The van der Waals surface area contributed by atoms with Gasteiger partial charge >= 0.3 is 0 Å². The Morgan fingerprint density at radius 3 is 2.93 bits per heavy atom. The average Bonchev–Trinajstić information content (AvgIpc) is 2.67. The summed E-state index contributed by atoms with van der Waals surface area (Å²) in [7, 11) is 0. The Morgan fingerprint density at radius 1 is 1.14 bits per heavy atom. The number of nitrogens with zero attached hydrogens (tertiary/aromatic N) is 4. The minimum Gasteiger partial charge on any atom is -0.382 e. The highest BCUT2D eigenvalue weighted by Crippen LogP contribution is 2.17. The van der Waals surface area contributed by atoms with Crippen LogP contribution in [0.3, 0.4) is 0 Å². The summed E-state index contributed by atoms with van der Waals surface area (Å²) in [6, 6.07) is 7.68. The molecule has 3 aromatic rings. The van der Waals surface area contributed by atoms with Crippen molar-refractivity contribution in [3.63, 3.8) is 0 Å². The van der Waals surface area contributed by atoms with Crippen LogP contribution in [-0.2, 0) is 0 Å². The lowest BCUT2D eigenvalue weighted by Gasteiger charge is -2.01. The molecule has 0 aliphatic carbocycles. The van der Waals surface area contributed by atoms with Crippen molar-refractivity contribution in [2.24, 2.45) is 0 Å². The second kappa shape index (κ2) is 2.41. The Labute approximate surface area is 79.2 Å². The van der Waals surface area contributed by atoms with Crippen molar-refractivity contribution in [1.29, 1.82) is 0 Å². The van der Waals surface area contributed by atoms with E-state index in [9.17, 15) is 0 Å². The summed E-state index contributed by atoms with van der Waals surface area (Å²) in [5.41, 5.74) is 8.23. The topological polar surface area (TPSA) is 69.1 Å². The van der Waals surface area contributed by atoms with Crippen molar-refractivity contribution in [3.05, 3.63) is 30.5 Å². The van der Waals surface area contributed by atoms with E-state index in [0.29, 0.717) is 5.82 Å². The zero-order valence-electron chi connectivity index (χ0n) is 7.25. The maximum atomic E-state index is 5.75. The van der Waals surface area contributed by atoms with E-state index < -0.39 is 0 Å². The number of aromatic nitrogens is 4. The molecule has 0 saturated carbocycles. The molecule has 0 aliphatic heterocycles. The van der Waals surface area contributed by atoms with Crippen molar-refractivity contribution in [1.82, 2.24) is 19.8 Å². The summed E-state index contributed by atoms with van der Waals surface area (Å²) in [6.45, 7) is 0. The van der Waals surface area contributed by atoms with E-state index in [-0.39, 0.29) is 0 Å². The summed E-state index contributed by atoms with van der Waals surface area (Å²) in [4.78, 5) is 4.25. The van der Waals surface area contributed by atoms with E-state index >= 15 is 0 Å². The van der Waals surface area contributed by atoms with Crippen molar-refractivity contribution in [2.45, 2.75) is 0 Å². The van der Waals surface area contributed by atoms with Gasteiger partial charge in [-0.25, -0.2) is 9.50 Å². The largest absolute Gasteiger partial charge is 0.382 e. The fraction of sp³-hybridized carbons (Fsp3) is 0. The lowest BCUT2D eigenvalue weighted by molar-refractivity contribution is 0.880. The molecule has 0 aliphatic rings. The SMILES string of the molecule is Nc1nc2ccccc2n2nncc12. The third kappa shape index (κ3) is 0.806. The molecule has 0 radical (unpaired) electrons. The molecular formula is C9H7N5. The third-order valence-corrected chi connectivity index (χ3v) is 2.16. The number of hydrogen-bond acceptors (Lipinski definition) is 4. The van der Waals surface area contributed by atoms with Crippen molar-refractivity contribution >= 4 is 22.4 Å². The number of anilines is 1. The number of fused-ring (bicyclic) bond motifs is 3. The number of benzene rings is 1. The molecule has 0 saturated heterocycles. The van der Waals surface area contributed by atoms with Gasteiger partial charge in [-0.05, 0) is 12.1 Å². The molecule has 68 valence electrons. The van der Waals surface area contributed by atoms with Gasteiger partial charge in [0.15, 0.2) is 5.82 Å². The first-order valence-corrected chi connectivity index (χ1v) is 4.21. The minimum atomic E-state index is 0.453. The Bertz CT molecular complexity index is 613. The predicted octanol–water partition coefficient (Wildman–Crippen LogP) is 0.860. The smallest absolute Gasteiger partial charge is 0.151 e. The number of hydrogen-bond donors (Lipinski definition) is 1. The zero-order valence-corrected chi connectivity index (χ0v) is 7.25. The number of rotatable bonds is 0. The Morgan fingerprint density at radius 2 is 2.00 bits per heavy atom. The second-order valence-corrected chi connectivity index (χ2v) is 3.02. The Balaban J connectivity index is 2.66. The van der Waals surface area contributed by atoms with E-state index in [2.05, 4.69) is 15.3 Å². The Kier molecular flexibility index (Phi) is 1.25. The highest BCUT2D eigenvalue weighted by atomic mass is 15.4.